The molecule has 0 radical (unpaired) electrons. The second-order valence-corrected chi connectivity index (χ2v) is 5.98. The van der Waals surface area contributed by atoms with E-state index >= 15 is 0 Å². The summed E-state index contributed by atoms with van der Waals surface area (Å²) < 4.78 is 18.5. The Balaban J connectivity index is 1.79. The quantitative estimate of drug-likeness (QED) is 0.516. The summed E-state index contributed by atoms with van der Waals surface area (Å²) >= 11 is 0. The van der Waals surface area contributed by atoms with Crippen molar-refractivity contribution in [3.63, 3.8) is 0 Å². The fraction of sp³-hybridized carbons (Fsp3) is 0.300. The van der Waals surface area contributed by atoms with E-state index < -0.39 is 5.82 Å². The van der Waals surface area contributed by atoms with Crippen molar-refractivity contribution in [2.75, 3.05) is 32.6 Å². The number of anilines is 1. The Hall–Kier alpha value is -3.09. The Morgan fingerprint density at radius 2 is 2.00 bits per heavy atom. The molecule has 0 spiro atoms. The topological polar surface area (TPSA) is 74.8 Å². The van der Waals surface area contributed by atoms with Crippen molar-refractivity contribution in [2.45, 2.75) is 13.3 Å². The van der Waals surface area contributed by atoms with Gasteiger partial charge in [-0.1, -0.05) is 23.8 Å². The summed E-state index contributed by atoms with van der Waals surface area (Å²) in [6, 6.07) is 11.8. The van der Waals surface area contributed by atoms with Gasteiger partial charge in [0.15, 0.2) is 5.96 Å². The van der Waals surface area contributed by atoms with Crippen LogP contribution in [0.15, 0.2) is 47.5 Å². The van der Waals surface area contributed by atoms with E-state index in [-0.39, 0.29) is 12.5 Å². The summed E-state index contributed by atoms with van der Waals surface area (Å²) in [7, 11) is 3.28. The summed E-state index contributed by atoms with van der Waals surface area (Å²) in [6.07, 6.45) is 0.751. The van der Waals surface area contributed by atoms with Gasteiger partial charge in [0, 0.05) is 19.3 Å². The average Bonchev–Trinajstić information content (AvgIpc) is 2.64. The number of hydrogen-bond acceptors (Lipinski definition) is 3. The van der Waals surface area contributed by atoms with Gasteiger partial charge < -0.3 is 20.7 Å². The monoisotopic (exact) mass is 372 g/mol. The number of rotatable bonds is 7. The van der Waals surface area contributed by atoms with E-state index in [4.69, 9.17) is 4.74 Å². The highest BCUT2D eigenvalue weighted by Gasteiger charge is 2.06. The maximum Gasteiger partial charge on any atom is 0.243 e. The van der Waals surface area contributed by atoms with Crippen LogP contribution in [0.4, 0.5) is 10.1 Å². The molecule has 0 saturated heterocycles. The van der Waals surface area contributed by atoms with E-state index in [1.807, 2.05) is 19.1 Å². The molecule has 1 amide bonds. The normalized spacial score (nSPS) is 11.0. The first-order valence-corrected chi connectivity index (χ1v) is 8.65. The molecule has 0 fully saturated rings. The van der Waals surface area contributed by atoms with Crippen LogP contribution in [0.1, 0.15) is 11.1 Å². The van der Waals surface area contributed by atoms with E-state index in [0.717, 1.165) is 17.7 Å². The van der Waals surface area contributed by atoms with Crippen LogP contribution in [0.3, 0.4) is 0 Å². The van der Waals surface area contributed by atoms with E-state index in [1.165, 1.54) is 17.7 Å². The number of amides is 1. The lowest BCUT2D eigenvalue weighted by molar-refractivity contribution is -0.115. The van der Waals surface area contributed by atoms with Crippen molar-refractivity contribution < 1.29 is 13.9 Å². The minimum atomic E-state index is -0.398. The second-order valence-electron chi connectivity index (χ2n) is 5.98. The minimum absolute atomic E-state index is 0.0178. The van der Waals surface area contributed by atoms with Gasteiger partial charge in [-0.3, -0.25) is 9.79 Å². The summed E-state index contributed by atoms with van der Waals surface area (Å²) in [5, 5.41) is 8.72. The third-order valence-electron chi connectivity index (χ3n) is 3.87. The molecule has 0 aliphatic rings. The van der Waals surface area contributed by atoms with Gasteiger partial charge in [-0.05, 0) is 43.2 Å². The van der Waals surface area contributed by atoms with Gasteiger partial charge in [0.1, 0.15) is 11.6 Å². The fourth-order valence-electron chi connectivity index (χ4n) is 2.57. The predicted octanol–water partition coefficient (Wildman–Crippen LogP) is 2.49. The SMILES string of the molecule is CN=C(NCCc1cc(C)ccc1OC)NCC(=O)Nc1cccc(F)c1. The second kappa shape index (κ2) is 10.2. The summed E-state index contributed by atoms with van der Waals surface area (Å²) in [6.45, 7) is 2.68. The first-order valence-electron chi connectivity index (χ1n) is 8.65. The molecule has 0 bridgehead atoms. The maximum absolute atomic E-state index is 13.1. The van der Waals surface area contributed by atoms with Crippen molar-refractivity contribution in [1.29, 1.82) is 0 Å². The molecule has 27 heavy (non-hydrogen) atoms. The number of nitrogens with zero attached hydrogens (tertiary/aromatic N) is 1. The third kappa shape index (κ3) is 6.62. The highest BCUT2D eigenvalue weighted by molar-refractivity contribution is 5.94. The number of guanidine groups is 1. The molecule has 2 aromatic rings. The van der Waals surface area contributed by atoms with Crippen LogP contribution >= 0.6 is 0 Å². The number of halogens is 1. The molecule has 7 heteroatoms. The first kappa shape index (κ1) is 20.2. The van der Waals surface area contributed by atoms with Crippen LogP contribution < -0.4 is 20.7 Å². The molecule has 2 rings (SSSR count). The van der Waals surface area contributed by atoms with E-state index in [0.29, 0.717) is 18.2 Å². The molecule has 6 nitrogen and oxygen atoms in total. The molecule has 0 heterocycles. The molecular formula is C20H25FN4O2. The zero-order valence-corrected chi connectivity index (χ0v) is 15.8. The van der Waals surface area contributed by atoms with Crippen molar-refractivity contribution in [3.05, 3.63) is 59.4 Å². The molecule has 144 valence electrons. The largest absolute Gasteiger partial charge is 0.496 e. The summed E-state index contributed by atoms with van der Waals surface area (Å²) in [4.78, 5) is 16.1. The molecule has 3 N–H and O–H groups in total. The lowest BCUT2D eigenvalue weighted by Crippen LogP contribution is -2.42. The molecule has 0 aliphatic carbocycles. The van der Waals surface area contributed by atoms with Crippen LogP contribution in [-0.4, -0.2) is 39.1 Å². The van der Waals surface area contributed by atoms with E-state index in [9.17, 15) is 9.18 Å². The van der Waals surface area contributed by atoms with Gasteiger partial charge in [0.25, 0.3) is 0 Å². The number of methoxy groups -OCH3 is 1. The van der Waals surface area contributed by atoms with Crippen LogP contribution in [0.5, 0.6) is 5.75 Å². The van der Waals surface area contributed by atoms with Crippen molar-refractivity contribution in [2.24, 2.45) is 4.99 Å². The number of aliphatic imine (C=N–C) groups is 1. The number of ether oxygens (including phenoxy) is 1. The highest BCUT2D eigenvalue weighted by atomic mass is 19.1. The third-order valence-corrected chi connectivity index (χ3v) is 3.87. The van der Waals surface area contributed by atoms with Gasteiger partial charge in [0.05, 0.1) is 13.7 Å². The lowest BCUT2D eigenvalue weighted by Gasteiger charge is -2.13. The zero-order chi connectivity index (χ0) is 19.6. The smallest absolute Gasteiger partial charge is 0.243 e. The maximum atomic E-state index is 13.1. The summed E-state index contributed by atoms with van der Waals surface area (Å²) in [5.74, 6) is 0.671. The first-order chi connectivity index (χ1) is 13.0. The molecule has 0 atom stereocenters. The molecule has 2 aromatic carbocycles. The number of carbonyl (C=O) groups excluding carboxylic acids is 1. The van der Waals surface area contributed by atoms with Crippen molar-refractivity contribution in [3.8, 4) is 5.75 Å². The number of hydrogen-bond donors (Lipinski definition) is 3. The van der Waals surface area contributed by atoms with Crippen LogP contribution in [-0.2, 0) is 11.2 Å². The fourth-order valence-corrected chi connectivity index (χ4v) is 2.57. The average molecular weight is 372 g/mol. The Bertz CT molecular complexity index is 808. The molecule has 0 unspecified atom stereocenters. The van der Waals surface area contributed by atoms with Crippen molar-refractivity contribution in [1.82, 2.24) is 10.6 Å². The standard InChI is InChI=1S/C20H25FN4O2/c1-14-7-8-18(27-3)15(11-14)9-10-23-20(22-2)24-13-19(26)25-17-6-4-5-16(21)12-17/h4-8,11-12H,9-10,13H2,1-3H3,(H,25,26)(H2,22,23,24). The summed E-state index contributed by atoms with van der Waals surface area (Å²) in [5.41, 5.74) is 2.68. The Kier molecular flexibility index (Phi) is 7.61. The molecule has 0 saturated carbocycles. The highest BCUT2D eigenvalue weighted by Crippen LogP contribution is 2.19. The van der Waals surface area contributed by atoms with E-state index in [1.54, 1.807) is 26.3 Å². The minimum Gasteiger partial charge on any atom is -0.496 e. The number of aryl methyl sites for hydroxylation is 1. The van der Waals surface area contributed by atoms with Crippen molar-refractivity contribution >= 4 is 17.6 Å². The van der Waals surface area contributed by atoms with Crippen LogP contribution in [0, 0.1) is 12.7 Å². The van der Waals surface area contributed by atoms with Gasteiger partial charge in [0.2, 0.25) is 5.91 Å². The number of benzene rings is 2. The van der Waals surface area contributed by atoms with Gasteiger partial charge in [-0.15, -0.1) is 0 Å². The number of nitrogens with one attached hydrogen (secondary N) is 3. The van der Waals surface area contributed by atoms with Gasteiger partial charge in [-0.2, -0.15) is 0 Å². The van der Waals surface area contributed by atoms with Gasteiger partial charge in [-0.25, -0.2) is 4.39 Å². The molecular weight excluding hydrogens is 347 g/mol. The van der Waals surface area contributed by atoms with Crippen LogP contribution in [0.2, 0.25) is 0 Å². The molecule has 0 aliphatic heterocycles. The van der Waals surface area contributed by atoms with Gasteiger partial charge >= 0.3 is 0 Å². The Labute approximate surface area is 158 Å². The number of carbonyl (C=O) groups is 1. The zero-order valence-electron chi connectivity index (χ0n) is 15.8. The lowest BCUT2D eigenvalue weighted by atomic mass is 10.1. The predicted molar refractivity (Wildman–Crippen MR) is 106 cm³/mol. The van der Waals surface area contributed by atoms with Crippen LogP contribution in [0.25, 0.3) is 0 Å². The Morgan fingerprint density at radius 1 is 1.19 bits per heavy atom. The van der Waals surface area contributed by atoms with E-state index in [2.05, 4.69) is 27.0 Å². The molecule has 0 aromatic heterocycles. The Morgan fingerprint density at radius 3 is 2.70 bits per heavy atom.